The number of anilines is 2. The van der Waals surface area contributed by atoms with Crippen molar-refractivity contribution < 1.29 is 31.1 Å². The van der Waals surface area contributed by atoms with E-state index in [9.17, 15) is 31.1 Å². The number of rotatable bonds is 5. The van der Waals surface area contributed by atoms with E-state index >= 15 is 0 Å². The molecular formula is C21H26F4N4O3S. The number of benzene rings is 1. The topological polar surface area (TPSA) is 86.6 Å². The van der Waals surface area contributed by atoms with Crippen LogP contribution in [-0.2, 0) is 16.0 Å². The second-order valence-electron chi connectivity index (χ2n) is 8.49. The number of piperazine rings is 1. The predicted molar refractivity (Wildman–Crippen MR) is 115 cm³/mol. The third-order valence-corrected chi connectivity index (χ3v) is 6.76. The van der Waals surface area contributed by atoms with E-state index in [1.54, 1.807) is 4.90 Å². The highest BCUT2D eigenvalue weighted by Crippen LogP contribution is 2.35. The summed E-state index contributed by atoms with van der Waals surface area (Å²) in [5.74, 6) is -0.954. The van der Waals surface area contributed by atoms with E-state index in [4.69, 9.17) is 0 Å². The van der Waals surface area contributed by atoms with Gasteiger partial charge in [0.1, 0.15) is 10.7 Å². The summed E-state index contributed by atoms with van der Waals surface area (Å²) in [5.41, 5.74) is -1.07. The van der Waals surface area contributed by atoms with Gasteiger partial charge < -0.3 is 14.9 Å². The Balaban J connectivity index is 1.95. The van der Waals surface area contributed by atoms with E-state index < -0.39 is 44.1 Å². The van der Waals surface area contributed by atoms with Gasteiger partial charge in [0, 0.05) is 43.3 Å². The monoisotopic (exact) mass is 490 g/mol. The summed E-state index contributed by atoms with van der Waals surface area (Å²) in [4.78, 5) is 11.0. The van der Waals surface area contributed by atoms with Crippen LogP contribution >= 0.6 is 0 Å². The molecule has 0 bridgehead atoms. The number of aliphatic hydroxyl groups is 1. The lowest BCUT2D eigenvalue weighted by molar-refractivity contribution is -0.142. The van der Waals surface area contributed by atoms with Gasteiger partial charge >= 0.3 is 6.18 Å². The van der Waals surface area contributed by atoms with Crippen LogP contribution < -0.4 is 9.80 Å². The lowest BCUT2D eigenvalue weighted by Gasteiger charge is -2.44. The molecule has 0 spiro atoms. The largest absolute Gasteiger partial charge is 0.433 e. The third-order valence-electron chi connectivity index (χ3n) is 5.65. The Morgan fingerprint density at radius 3 is 2.39 bits per heavy atom. The number of aromatic nitrogens is 2. The molecule has 1 N–H and O–H groups in total. The number of halogens is 4. The maximum atomic E-state index is 14.0. The van der Waals surface area contributed by atoms with Crippen LogP contribution in [0.3, 0.4) is 0 Å². The summed E-state index contributed by atoms with van der Waals surface area (Å²) in [5, 5.41) is 9.70. The molecule has 1 fully saturated rings. The van der Waals surface area contributed by atoms with Crippen LogP contribution in [0.5, 0.6) is 0 Å². The van der Waals surface area contributed by atoms with Gasteiger partial charge in [-0.25, -0.2) is 22.8 Å². The summed E-state index contributed by atoms with van der Waals surface area (Å²) >= 11 is 0. The zero-order valence-electron chi connectivity index (χ0n) is 18.6. The molecule has 0 saturated carbocycles. The Kier molecular flexibility index (Phi) is 6.90. The highest BCUT2D eigenvalue weighted by atomic mass is 32.2. The molecule has 33 heavy (non-hydrogen) atoms. The molecule has 1 aromatic carbocycles. The van der Waals surface area contributed by atoms with E-state index in [0.29, 0.717) is 18.8 Å². The summed E-state index contributed by atoms with van der Waals surface area (Å²) in [6, 6.07) is 3.54. The minimum atomic E-state index is -4.75. The molecule has 7 nitrogen and oxygen atoms in total. The Hall–Kier alpha value is -2.47. The average molecular weight is 491 g/mol. The number of alkyl halides is 3. The van der Waals surface area contributed by atoms with Gasteiger partial charge in [0.05, 0.1) is 12.1 Å². The molecule has 2 atom stereocenters. The highest BCUT2D eigenvalue weighted by molar-refractivity contribution is 7.90. The van der Waals surface area contributed by atoms with Gasteiger partial charge in [-0.1, -0.05) is 13.8 Å². The van der Waals surface area contributed by atoms with Gasteiger partial charge in [-0.15, -0.1) is 0 Å². The molecule has 2 unspecified atom stereocenters. The molecule has 0 radical (unpaired) electrons. The van der Waals surface area contributed by atoms with Crippen LogP contribution in [0.4, 0.5) is 29.2 Å². The molecule has 0 amide bonds. The second kappa shape index (κ2) is 9.05. The van der Waals surface area contributed by atoms with Crippen LogP contribution in [-0.4, -0.2) is 55.4 Å². The summed E-state index contributed by atoms with van der Waals surface area (Å²) < 4.78 is 78.5. The van der Waals surface area contributed by atoms with Crippen LogP contribution in [0.25, 0.3) is 0 Å². The first-order valence-corrected chi connectivity index (χ1v) is 12.2. The zero-order valence-corrected chi connectivity index (χ0v) is 19.5. The van der Waals surface area contributed by atoms with Gasteiger partial charge in [-0.3, -0.25) is 0 Å². The number of nitrogens with zero attached hydrogens (tertiary/aromatic N) is 4. The number of aliphatic hydroxyl groups excluding tert-OH is 1. The van der Waals surface area contributed by atoms with Crippen molar-refractivity contribution in [2.45, 2.75) is 44.0 Å². The van der Waals surface area contributed by atoms with Crippen LogP contribution in [0.2, 0.25) is 0 Å². The molecule has 12 heteroatoms. The maximum absolute atomic E-state index is 14.0. The quantitative estimate of drug-likeness (QED) is 0.643. The number of hydrogen-bond acceptors (Lipinski definition) is 7. The highest BCUT2D eigenvalue weighted by Gasteiger charge is 2.39. The van der Waals surface area contributed by atoms with Crippen molar-refractivity contribution in [3.8, 4) is 0 Å². The second-order valence-corrected chi connectivity index (χ2v) is 10.5. The zero-order chi connectivity index (χ0) is 24.7. The summed E-state index contributed by atoms with van der Waals surface area (Å²) in [6.07, 6.45) is -4.21. The Bertz CT molecular complexity index is 1120. The number of hydrogen-bond donors (Lipinski definition) is 1. The first-order chi connectivity index (χ1) is 15.2. The van der Waals surface area contributed by atoms with Crippen molar-refractivity contribution in [1.82, 2.24) is 9.97 Å². The standard InChI is InChI=1S/C21H26F4N4O3S/c1-12(2)17-11-28(14-5-6-16(22)18(9-14)33(4,31)32)7-8-29(17)20-26-10-15(13(3)30)19(27-20)21(23,24)25/h5-6,9-10,12-13,17,30H,7-8,11H2,1-4H3. The van der Waals surface area contributed by atoms with Crippen LogP contribution in [0.1, 0.15) is 38.1 Å². The number of sulfone groups is 1. The first-order valence-electron chi connectivity index (χ1n) is 10.3. The van der Waals surface area contributed by atoms with Crippen LogP contribution in [0, 0.1) is 11.7 Å². The van der Waals surface area contributed by atoms with E-state index in [-0.39, 0.29) is 24.5 Å². The van der Waals surface area contributed by atoms with E-state index in [0.717, 1.165) is 18.5 Å². The van der Waals surface area contributed by atoms with E-state index in [1.165, 1.54) is 19.1 Å². The Morgan fingerprint density at radius 2 is 1.85 bits per heavy atom. The molecule has 1 saturated heterocycles. The normalized spacial score (nSPS) is 18.7. The molecule has 182 valence electrons. The maximum Gasteiger partial charge on any atom is 0.433 e. The van der Waals surface area contributed by atoms with Gasteiger partial charge in [-0.05, 0) is 31.0 Å². The molecule has 3 rings (SSSR count). The predicted octanol–water partition coefficient (Wildman–Crippen LogP) is 3.44. The van der Waals surface area contributed by atoms with Crippen molar-refractivity contribution in [3.05, 3.63) is 41.5 Å². The molecule has 1 aromatic heterocycles. The minimum Gasteiger partial charge on any atom is -0.389 e. The van der Waals surface area contributed by atoms with Crippen molar-refractivity contribution >= 4 is 21.5 Å². The Morgan fingerprint density at radius 1 is 1.18 bits per heavy atom. The summed E-state index contributed by atoms with van der Waals surface area (Å²) in [7, 11) is -3.77. The van der Waals surface area contributed by atoms with Gasteiger partial charge in [-0.2, -0.15) is 13.2 Å². The average Bonchev–Trinajstić information content (AvgIpc) is 2.71. The lowest BCUT2D eigenvalue weighted by Crippen LogP contribution is -2.56. The molecule has 2 aromatic rings. The van der Waals surface area contributed by atoms with Gasteiger partial charge in [0.15, 0.2) is 15.5 Å². The van der Waals surface area contributed by atoms with E-state index in [2.05, 4.69) is 9.97 Å². The van der Waals surface area contributed by atoms with Crippen molar-refractivity contribution in [3.63, 3.8) is 0 Å². The molecule has 1 aliphatic rings. The molecule has 2 heterocycles. The Labute approximate surface area is 190 Å². The first kappa shape index (κ1) is 25.2. The molecular weight excluding hydrogens is 464 g/mol. The molecule has 1 aliphatic heterocycles. The summed E-state index contributed by atoms with van der Waals surface area (Å²) in [6.45, 7) is 5.97. The fourth-order valence-electron chi connectivity index (χ4n) is 3.89. The third kappa shape index (κ3) is 5.37. The van der Waals surface area contributed by atoms with Gasteiger partial charge in [0.25, 0.3) is 0 Å². The minimum absolute atomic E-state index is 0.0167. The van der Waals surface area contributed by atoms with Crippen molar-refractivity contribution in [2.24, 2.45) is 5.92 Å². The van der Waals surface area contributed by atoms with E-state index in [1.807, 2.05) is 18.7 Å². The van der Waals surface area contributed by atoms with Gasteiger partial charge in [0.2, 0.25) is 5.95 Å². The fourth-order valence-corrected chi connectivity index (χ4v) is 4.65. The van der Waals surface area contributed by atoms with Crippen molar-refractivity contribution in [1.29, 1.82) is 0 Å². The fraction of sp³-hybridized carbons (Fsp3) is 0.524. The van der Waals surface area contributed by atoms with Crippen molar-refractivity contribution in [2.75, 3.05) is 35.7 Å². The molecule has 0 aliphatic carbocycles. The van der Waals surface area contributed by atoms with Crippen LogP contribution in [0.15, 0.2) is 29.3 Å². The SMILES string of the molecule is CC(O)c1cnc(N2CCN(c3ccc(F)c(S(C)(=O)=O)c3)CC2C(C)C)nc1C(F)(F)F. The smallest absolute Gasteiger partial charge is 0.389 e. The lowest BCUT2D eigenvalue weighted by atomic mass is 9.99.